The van der Waals surface area contributed by atoms with Crippen LogP contribution in [-0.4, -0.2) is 5.91 Å². The summed E-state index contributed by atoms with van der Waals surface area (Å²) in [5.74, 6) is 1.36. The van der Waals surface area contributed by atoms with Crippen molar-refractivity contribution in [2.24, 2.45) is 11.8 Å². The number of hydrogen-bond donors (Lipinski definition) is 2. The van der Waals surface area contributed by atoms with Crippen LogP contribution in [0.2, 0.25) is 0 Å². The van der Waals surface area contributed by atoms with Crippen LogP contribution in [0.4, 0.5) is 11.4 Å². The van der Waals surface area contributed by atoms with Crippen LogP contribution in [0, 0.1) is 18.8 Å². The molecule has 3 heteroatoms. The van der Waals surface area contributed by atoms with E-state index in [1.165, 1.54) is 22.4 Å². The van der Waals surface area contributed by atoms with Gasteiger partial charge in [0, 0.05) is 23.7 Å². The molecular formula is C24H28N2O. The average molecular weight is 361 g/mol. The van der Waals surface area contributed by atoms with E-state index in [-0.39, 0.29) is 5.91 Å². The van der Waals surface area contributed by atoms with Crippen molar-refractivity contribution in [3.8, 4) is 0 Å². The minimum absolute atomic E-state index is 0.0880. The third-order valence-corrected chi connectivity index (χ3v) is 5.76. The van der Waals surface area contributed by atoms with E-state index < -0.39 is 0 Å². The molecule has 0 aromatic heterocycles. The molecule has 0 spiro atoms. The molecule has 0 saturated carbocycles. The Morgan fingerprint density at radius 2 is 2.00 bits per heavy atom. The number of benzene rings is 2. The normalized spacial score (nSPS) is 22.9. The number of anilines is 2. The molecule has 0 saturated heterocycles. The summed E-state index contributed by atoms with van der Waals surface area (Å²) >= 11 is 0. The monoisotopic (exact) mass is 360 g/mol. The van der Waals surface area contributed by atoms with Crippen LogP contribution in [0.15, 0.2) is 54.6 Å². The van der Waals surface area contributed by atoms with Gasteiger partial charge in [-0.25, -0.2) is 0 Å². The van der Waals surface area contributed by atoms with Crippen LogP contribution in [0.5, 0.6) is 0 Å². The van der Waals surface area contributed by atoms with Gasteiger partial charge in [0.05, 0.1) is 6.04 Å². The summed E-state index contributed by atoms with van der Waals surface area (Å²) in [5.41, 5.74) is 6.09. The molecule has 0 bridgehead atoms. The van der Waals surface area contributed by atoms with Crippen molar-refractivity contribution in [3.63, 3.8) is 0 Å². The fourth-order valence-electron chi connectivity index (χ4n) is 4.50. The first kappa shape index (κ1) is 17.8. The molecule has 1 aliphatic heterocycles. The Morgan fingerprint density at radius 3 is 2.78 bits per heavy atom. The first-order chi connectivity index (χ1) is 13.0. The molecule has 140 valence electrons. The van der Waals surface area contributed by atoms with Gasteiger partial charge in [-0.3, -0.25) is 4.79 Å². The Kier molecular flexibility index (Phi) is 4.77. The third kappa shape index (κ3) is 3.51. The van der Waals surface area contributed by atoms with Gasteiger partial charge in [-0.15, -0.1) is 0 Å². The second kappa shape index (κ2) is 7.22. The van der Waals surface area contributed by atoms with E-state index >= 15 is 0 Å². The summed E-state index contributed by atoms with van der Waals surface area (Å²) in [7, 11) is 0. The lowest BCUT2D eigenvalue weighted by Gasteiger charge is -2.38. The molecule has 2 aliphatic rings. The molecule has 2 aromatic carbocycles. The fraction of sp³-hybridized carbons (Fsp3) is 0.375. The Morgan fingerprint density at radius 1 is 1.19 bits per heavy atom. The number of aryl methyl sites for hydroxylation is 1. The summed E-state index contributed by atoms with van der Waals surface area (Å²) in [4.78, 5) is 12.2. The van der Waals surface area contributed by atoms with Crippen molar-refractivity contribution >= 4 is 17.3 Å². The predicted molar refractivity (Wildman–Crippen MR) is 112 cm³/mol. The second-order valence-corrected chi connectivity index (χ2v) is 8.28. The molecule has 4 rings (SSSR count). The molecule has 0 radical (unpaired) electrons. The molecule has 3 nitrogen and oxygen atoms in total. The quantitative estimate of drug-likeness (QED) is 0.676. The molecular weight excluding hydrogens is 332 g/mol. The number of fused-ring (bicyclic) bond motifs is 3. The lowest BCUT2D eigenvalue weighted by molar-refractivity contribution is -0.116. The van der Waals surface area contributed by atoms with Gasteiger partial charge in [-0.2, -0.15) is 0 Å². The van der Waals surface area contributed by atoms with Crippen LogP contribution in [0.3, 0.4) is 0 Å². The highest BCUT2D eigenvalue weighted by molar-refractivity contribution is 5.91. The Balaban J connectivity index is 1.64. The number of allylic oxidation sites excluding steroid dienone is 2. The van der Waals surface area contributed by atoms with Crippen LogP contribution >= 0.6 is 0 Å². The average Bonchev–Trinajstić information content (AvgIpc) is 3.11. The number of carbonyl (C=O) groups is 1. The van der Waals surface area contributed by atoms with Crippen molar-refractivity contribution < 1.29 is 4.79 Å². The minimum Gasteiger partial charge on any atom is -0.378 e. The summed E-state index contributed by atoms with van der Waals surface area (Å²) < 4.78 is 0. The maximum absolute atomic E-state index is 12.2. The molecule has 1 amide bonds. The minimum atomic E-state index is 0.0880. The lowest BCUT2D eigenvalue weighted by Crippen LogP contribution is -2.29. The van der Waals surface area contributed by atoms with E-state index in [2.05, 4.69) is 80.0 Å². The van der Waals surface area contributed by atoms with Gasteiger partial charge in [0.25, 0.3) is 0 Å². The van der Waals surface area contributed by atoms with E-state index in [1.807, 2.05) is 6.07 Å². The van der Waals surface area contributed by atoms with Gasteiger partial charge in [0.1, 0.15) is 0 Å². The molecule has 2 N–H and O–H groups in total. The zero-order valence-electron chi connectivity index (χ0n) is 16.3. The summed E-state index contributed by atoms with van der Waals surface area (Å²) in [6.07, 6.45) is 6.29. The number of nitrogens with one attached hydrogen (secondary N) is 2. The van der Waals surface area contributed by atoms with E-state index in [1.54, 1.807) is 0 Å². The Labute approximate surface area is 161 Å². The largest absolute Gasteiger partial charge is 0.378 e. The summed E-state index contributed by atoms with van der Waals surface area (Å²) in [6.45, 7) is 6.32. The molecule has 1 aliphatic carbocycles. The van der Waals surface area contributed by atoms with Crippen LogP contribution in [0.25, 0.3) is 0 Å². The number of hydrogen-bond acceptors (Lipinski definition) is 2. The van der Waals surface area contributed by atoms with Gasteiger partial charge < -0.3 is 10.6 Å². The van der Waals surface area contributed by atoms with Crippen molar-refractivity contribution in [1.82, 2.24) is 0 Å². The highest BCUT2D eigenvalue weighted by atomic mass is 16.1. The van der Waals surface area contributed by atoms with Crippen molar-refractivity contribution in [2.75, 3.05) is 10.6 Å². The SMILES string of the molecule is Cc1ccccc1C1Nc2ccc(NC(=O)CC(C)C)cc2C2C=CCC21. The third-order valence-electron chi connectivity index (χ3n) is 5.76. The molecule has 2 aromatic rings. The zero-order valence-corrected chi connectivity index (χ0v) is 16.3. The maximum Gasteiger partial charge on any atom is 0.224 e. The van der Waals surface area contributed by atoms with Gasteiger partial charge >= 0.3 is 0 Å². The molecule has 3 atom stereocenters. The standard InChI is InChI=1S/C24H28N2O/c1-15(2)13-23(27)25-17-11-12-22-21(14-17)19-9-6-10-20(19)24(26-22)18-8-5-4-7-16(18)3/h4-9,11-12,14-15,19-20,24,26H,10,13H2,1-3H3,(H,25,27). The van der Waals surface area contributed by atoms with E-state index in [9.17, 15) is 4.79 Å². The van der Waals surface area contributed by atoms with Gasteiger partial charge in [0.2, 0.25) is 5.91 Å². The first-order valence-corrected chi connectivity index (χ1v) is 9.95. The number of rotatable bonds is 4. The molecule has 0 fully saturated rings. The first-order valence-electron chi connectivity index (χ1n) is 9.95. The van der Waals surface area contributed by atoms with E-state index in [0.717, 1.165) is 12.1 Å². The molecule has 27 heavy (non-hydrogen) atoms. The Hall–Kier alpha value is -2.55. The van der Waals surface area contributed by atoms with Crippen LogP contribution < -0.4 is 10.6 Å². The smallest absolute Gasteiger partial charge is 0.224 e. The predicted octanol–water partition coefficient (Wildman–Crippen LogP) is 5.81. The molecule has 3 unspecified atom stereocenters. The Bertz CT molecular complexity index is 884. The number of amides is 1. The van der Waals surface area contributed by atoms with Gasteiger partial charge in [0.15, 0.2) is 0 Å². The zero-order chi connectivity index (χ0) is 19.0. The van der Waals surface area contributed by atoms with Gasteiger partial charge in [-0.05, 0) is 60.1 Å². The fourth-order valence-corrected chi connectivity index (χ4v) is 4.50. The summed E-state index contributed by atoms with van der Waals surface area (Å²) in [6, 6.07) is 15.3. The maximum atomic E-state index is 12.2. The summed E-state index contributed by atoms with van der Waals surface area (Å²) in [5, 5.41) is 6.85. The number of carbonyl (C=O) groups excluding carboxylic acids is 1. The van der Waals surface area contributed by atoms with Crippen molar-refractivity contribution in [1.29, 1.82) is 0 Å². The van der Waals surface area contributed by atoms with Crippen LogP contribution in [0.1, 0.15) is 55.3 Å². The lowest BCUT2D eigenvalue weighted by atomic mass is 9.76. The highest BCUT2D eigenvalue weighted by Gasteiger charge is 2.38. The second-order valence-electron chi connectivity index (χ2n) is 8.28. The molecule has 1 heterocycles. The van der Waals surface area contributed by atoms with Crippen molar-refractivity contribution in [3.05, 3.63) is 71.3 Å². The van der Waals surface area contributed by atoms with E-state index in [4.69, 9.17) is 0 Å². The topological polar surface area (TPSA) is 41.1 Å². The van der Waals surface area contributed by atoms with Gasteiger partial charge in [-0.1, -0.05) is 50.3 Å². The highest BCUT2D eigenvalue weighted by Crippen LogP contribution is 2.50. The van der Waals surface area contributed by atoms with Crippen LogP contribution in [-0.2, 0) is 4.79 Å². The van der Waals surface area contributed by atoms with Crippen molar-refractivity contribution in [2.45, 2.75) is 45.6 Å². The van der Waals surface area contributed by atoms with E-state index in [0.29, 0.717) is 30.2 Å².